The highest BCUT2D eigenvalue weighted by atomic mass is 16.5. The number of rotatable bonds is 2. The number of benzene rings is 1. The zero-order chi connectivity index (χ0) is 13.1. The number of carbonyl (C=O) groups is 1. The second-order valence-corrected chi connectivity index (χ2v) is 4.78. The Morgan fingerprint density at radius 2 is 2.17 bits per heavy atom. The average Bonchev–Trinajstić information content (AvgIpc) is 2.36. The number of ether oxygens (including phenoxy) is 1. The lowest BCUT2D eigenvalue weighted by molar-refractivity contribution is -0.114. The Morgan fingerprint density at radius 1 is 1.39 bits per heavy atom. The lowest BCUT2D eigenvalue weighted by Gasteiger charge is -2.30. The number of hydrogen-bond acceptors (Lipinski definition) is 2. The van der Waals surface area contributed by atoms with Crippen LogP contribution in [0.5, 0.6) is 5.75 Å². The molecular weight excluding hydrogens is 226 g/mol. The molecule has 3 heteroatoms. The first-order valence-electron chi connectivity index (χ1n) is 6.25. The summed E-state index contributed by atoms with van der Waals surface area (Å²) in [4.78, 5) is 14.1. The summed E-state index contributed by atoms with van der Waals surface area (Å²) < 4.78 is 5.38. The van der Waals surface area contributed by atoms with Crippen molar-refractivity contribution in [1.82, 2.24) is 0 Å². The van der Waals surface area contributed by atoms with Crippen molar-refractivity contribution in [3.8, 4) is 5.75 Å². The van der Waals surface area contributed by atoms with Crippen molar-refractivity contribution in [1.29, 1.82) is 0 Å². The summed E-state index contributed by atoms with van der Waals surface area (Å²) in [5.41, 5.74) is 3.15. The van der Waals surface area contributed by atoms with Crippen molar-refractivity contribution >= 4 is 11.6 Å². The molecule has 0 bridgehead atoms. The van der Waals surface area contributed by atoms with E-state index in [9.17, 15) is 4.79 Å². The number of amides is 1. The molecule has 1 aromatic carbocycles. The van der Waals surface area contributed by atoms with E-state index >= 15 is 0 Å². The first-order valence-corrected chi connectivity index (χ1v) is 6.25. The number of aryl methyl sites for hydroxylation is 1. The summed E-state index contributed by atoms with van der Waals surface area (Å²) in [6.45, 7) is 4.63. The van der Waals surface area contributed by atoms with E-state index in [1.165, 1.54) is 5.56 Å². The van der Waals surface area contributed by atoms with Gasteiger partial charge >= 0.3 is 0 Å². The molecule has 0 aromatic heterocycles. The quantitative estimate of drug-likeness (QED) is 0.750. The molecule has 0 spiro atoms. The van der Waals surface area contributed by atoms with E-state index in [1.54, 1.807) is 13.2 Å². The summed E-state index contributed by atoms with van der Waals surface area (Å²) in [5.74, 6) is 0.822. The number of nitrogens with zero attached hydrogens (tertiary/aromatic N) is 1. The second kappa shape index (κ2) is 5.25. The molecule has 1 aromatic rings. The molecule has 0 radical (unpaired) electrons. The van der Waals surface area contributed by atoms with Crippen LogP contribution in [0.25, 0.3) is 0 Å². The monoisotopic (exact) mass is 245 g/mol. The first-order chi connectivity index (χ1) is 8.63. The maximum atomic E-state index is 12.2. The summed E-state index contributed by atoms with van der Waals surface area (Å²) in [6, 6.07) is 5.96. The number of anilines is 1. The van der Waals surface area contributed by atoms with Gasteiger partial charge in [0.05, 0.1) is 12.8 Å². The highest BCUT2D eigenvalue weighted by Gasteiger charge is 2.24. The minimum absolute atomic E-state index is 0.0421. The molecule has 1 aliphatic rings. The Kier molecular flexibility index (Phi) is 3.70. The van der Waals surface area contributed by atoms with Crippen LogP contribution in [0.15, 0.2) is 29.8 Å². The van der Waals surface area contributed by atoms with Gasteiger partial charge in [0, 0.05) is 12.6 Å². The molecule has 1 amide bonds. The zero-order valence-corrected chi connectivity index (χ0v) is 11.2. The van der Waals surface area contributed by atoms with Gasteiger partial charge in [-0.3, -0.25) is 4.79 Å². The maximum Gasteiger partial charge on any atom is 0.251 e. The molecular formula is C15H19NO2. The third-order valence-electron chi connectivity index (χ3n) is 3.08. The molecule has 96 valence electrons. The van der Waals surface area contributed by atoms with Crippen molar-refractivity contribution < 1.29 is 9.53 Å². The largest absolute Gasteiger partial charge is 0.495 e. The number of hydrogen-bond donors (Lipinski definition) is 0. The second-order valence-electron chi connectivity index (χ2n) is 4.78. The van der Waals surface area contributed by atoms with Crippen molar-refractivity contribution in [2.45, 2.75) is 26.7 Å². The van der Waals surface area contributed by atoms with Crippen LogP contribution in [-0.4, -0.2) is 19.6 Å². The van der Waals surface area contributed by atoms with E-state index in [1.807, 2.05) is 30.9 Å². The molecule has 1 heterocycles. The number of carbonyl (C=O) groups excluding carboxylic acids is 1. The van der Waals surface area contributed by atoms with Crippen LogP contribution in [0.1, 0.15) is 25.8 Å². The predicted molar refractivity (Wildman–Crippen MR) is 73.1 cm³/mol. The normalized spacial score (nSPS) is 13.8. The Hall–Kier alpha value is -1.77. The molecule has 18 heavy (non-hydrogen) atoms. The van der Waals surface area contributed by atoms with Gasteiger partial charge in [-0.2, -0.15) is 0 Å². The molecule has 0 saturated heterocycles. The van der Waals surface area contributed by atoms with Crippen molar-refractivity contribution in [3.63, 3.8) is 0 Å². The van der Waals surface area contributed by atoms with E-state index in [4.69, 9.17) is 4.74 Å². The summed E-state index contributed by atoms with van der Waals surface area (Å²) in [5, 5.41) is 0. The van der Waals surface area contributed by atoms with Crippen LogP contribution >= 0.6 is 0 Å². The lowest BCUT2D eigenvalue weighted by atomic mass is 10.0. The highest BCUT2D eigenvalue weighted by molar-refractivity contribution is 6.03. The maximum absolute atomic E-state index is 12.2. The minimum atomic E-state index is 0.0421. The van der Waals surface area contributed by atoms with Crippen LogP contribution in [0.3, 0.4) is 0 Å². The Morgan fingerprint density at radius 3 is 2.83 bits per heavy atom. The smallest absolute Gasteiger partial charge is 0.251 e. The molecule has 0 saturated carbocycles. The number of allylic oxidation sites excluding steroid dienone is 1. The predicted octanol–water partition coefficient (Wildman–Crippen LogP) is 2.94. The van der Waals surface area contributed by atoms with E-state index in [0.29, 0.717) is 0 Å². The number of para-hydroxylation sites is 1. The molecule has 0 aliphatic carbocycles. The fourth-order valence-corrected chi connectivity index (χ4v) is 2.33. The topological polar surface area (TPSA) is 29.5 Å². The lowest BCUT2D eigenvalue weighted by Crippen LogP contribution is -2.34. The van der Waals surface area contributed by atoms with Gasteiger partial charge in [0.2, 0.25) is 0 Å². The zero-order valence-electron chi connectivity index (χ0n) is 11.2. The molecule has 3 nitrogen and oxygen atoms in total. The first kappa shape index (κ1) is 12.7. The molecule has 0 unspecified atom stereocenters. The molecule has 0 fully saturated rings. The van der Waals surface area contributed by atoms with Crippen molar-refractivity contribution in [2.75, 3.05) is 18.6 Å². The van der Waals surface area contributed by atoms with Crippen LogP contribution < -0.4 is 9.64 Å². The van der Waals surface area contributed by atoms with E-state index < -0.39 is 0 Å². The number of fused-ring (bicyclic) bond motifs is 1. The van der Waals surface area contributed by atoms with Gasteiger partial charge in [-0.15, -0.1) is 0 Å². The van der Waals surface area contributed by atoms with E-state index in [-0.39, 0.29) is 5.91 Å². The van der Waals surface area contributed by atoms with Gasteiger partial charge in [0.1, 0.15) is 5.75 Å². The van der Waals surface area contributed by atoms with Crippen LogP contribution in [0, 0.1) is 0 Å². The third kappa shape index (κ3) is 2.40. The fraction of sp³-hybridized carbons (Fsp3) is 0.400. The van der Waals surface area contributed by atoms with Gasteiger partial charge in [0.15, 0.2) is 0 Å². The van der Waals surface area contributed by atoms with Crippen LogP contribution in [-0.2, 0) is 11.2 Å². The number of methoxy groups -OCH3 is 1. The molecule has 1 aliphatic heterocycles. The Labute approximate surface area is 108 Å². The summed E-state index contributed by atoms with van der Waals surface area (Å²) in [6.07, 6.45) is 3.69. The van der Waals surface area contributed by atoms with Gasteiger partial charge < -0.3 is 9.64 Å². The standard InChI is InChI=1S/C15H19NO2/c1-11(2)10-14(17)16-9-5-7-12-6-4-8-13(18-3)15(12)16/h4,6,8,10H,5,7,9H2,1-3H3. The fourth-order valence-electron chi connectivity index (χ4n) is 2.33. The molecule has 2 rings (SSSR count). The van der Waals surface area contributed by atoms with Crippen LogP contribution in [0.4, 0.5) is 5.69 Å². The molecule has 0 N–H and O–H groups in total. The highest BCUT2D eigenvalue weighted by Crippen LogP contribution is 2.36. The summed E-state index contributed by atoms with van der Waals surface area (Å²) in [7, 11) is 1.65. The molecule has 0 atom stereocenters. The van der Waals surface area contributed by atoms with Crippen LogP contribution in [0.2, 0.25) is 0 Å². The Balaban J connectivity index is 2.44. The van der Waals surface area contributed by atoms with Gasteiger partial charge in [-0.05, 0) is 38.3 Å². The Bertz CT molecular complexity index is 473. The average molecular weight is 245 g/mol. The van der Waals surface area contributed by atoms with Crippen molar-refractivity contribution in [3.05, 3.63) is 35.4 Å². The van der Waals surface area contributed by atoms with Gasteiger partial charge in [0.25, 0.3) is 5.91 Å². The summed E-state index contributed by atoms with van der Waals surface area (Å²) >= 11 is 0. The minimum Gasteiger partial charge on any atom is -0.495 e. The van der Waals surface area contributed by atoms with Crippen molar-refractivity contribution in [2.24, 2.45) is 0 Å². The van der Waals surface area contributed by atoms with E-state index in [2.05, 4.69) is 6.07 Å². The van der Waals surface area contributed by atoms with Gasteiger partial charge in [-0.1, -0.05) is 17.7 Å². The van der Waals surface area contributed by atoms with Gasteiger partial charge in [-0.25, -0.2) is 0 Å². The van der Waals surface area contributed by atoms with E-state index in [0.717, 1.165) is 36.4 Å². The third-order valence-corrected chi connectivity index (χ3v) is 3.08. The SMILES string of the molecule is COc1cccc2c1N(C(=O)C=C(C)C)CCC2.